The molecule has 0 bridgehead atoms. The van der Waals surface area contributed by atoms with Gasteiger partial charge in [-0.3, -0.25) is 0 Å². The molecular formula is C26H31N3O2S. The number of benzene rings is 2. The first-order chi connectivity index (χ1) is 15.5. The maximum atomic E-state index is 12.6. The van der Waals surface area contributed by atoms with E-state index in [0.29, 0.717) is 17.0 Å². The van der Waals surface area contributed by atoms with E-state index in [9.17, 15) is 4.79 Å². The molecule has 1 aliphatic carbocycles. The average Bonchev–Trinajstić information content (AvgIpc) is 3.16. The summed E-state index contributed by atoms with van der Waals surface area (Å²) in [7, 11) is 4.31. The van der Waals surface area contributed by atoms with Crippen LogP contribution >= 0.6 is 11.3 Å². The van der Waals surface area contributed by atoms with Crippen molar-refractivity contribution in [3.63, 3.8) is 0 Å². The van der Waals surface area contributed by atoms with Gasteiger partial charge in [-0.2, -0.15) is 0 Å². The molecule has 4 rings (SSSR count). The Labute approximate surface area is 194 Å². The number of nitrogens with one attached hydrogen (secondary N) is 1. The second-order valence-corrected chi connectivity index (χ2v) is 9.68. The normalized spacial score (nSPS) is 19.5. The highest BCUT2D eigenvalue weighted by molar-refractivity contribution is 7.17. The molecule has 1 heterocycles. The number of aromatic nitrogens is 1. The molecule has 1 aliphatic rings. The molecule has 32 heavy (non-hydrogen) atoms. The number of aryl methyl sites for hydroxylation is 1. The summed E-state index contributed by atoms with van der Waals surface area (Å²) in [6.07, 6.45) is 3.72. The number of carbonyl (C=O) groups is 1. The van der Waals surface area contributed by atoms with Crippen molar-refractivity contribution >= 4 is 17.4 Å². The molecule has 3 aromatic rings. The third-order valence-electron chi connectivity index (χ3n) is 6.20. The molecule has 1 N–H and O–H groups in total. The molecule has 2 aromatic carbocycles. The Hall–Kier alpha value is -2.70. The smallest absolute Gasteiger partial charge is 0.397 e. The van der Waals surface area contributed by atoms with Gasteiger partial charge in [0.25, 0.3) is 0 Å². The first kappa shape index (κ1) is 22.5. The number of amides is 1. The molecule has 0 saturated heterocycles. The molecule has 1 fully saturated rings. The highest BCUT2D eigenvalue weighted by Gasteiger charge is 2.30. The first-order valence-corrected chi connectivity index (χ1v) is 12.1. The molecule has 1 amide bonds. The Morgan fingerprint density at radius 2 is 1.66 bits per heavy atom. The summed E-state index contributed by atoms with van der Waals surface area (Å²) in [6, 6.07) is 21.2. The van der Waals surface area contributed by atoms with Crippen molar-refractivity contribution in [3.8, 4) is 15.6 Å². The van der Waals surface area contributed by atoms with Crippen molar-refractivity contribution in [1.82, 2.24) is 15.2 Å². The van der Waals surface area contributed by atoms with E-state index < -0.39 is 0 Å². The Balaban J connectivity index is 1.32. The molecule has 6 heteroatoms. The maximum Gasteiger partial charge on any atom is 0.413 e. The largest absolute Gasteiger partial charge is 0.413 e. The van der Waals surface area contributed by atoms with E-state index in [1.54, 1.807) is 0 Å². The number of carbonyl (C=O) groups excluding carboxylic acids is 1. The van der Waals surface area contributed by atoms with Crippen LogP contribution in [0.25, 0.3) is 10.6 Å². The van der Waals surface area contributed by atoms with E-state index in [-0.39, 0.29) is 12.1 Å². The lowest BCUT2D eigenvalue weighted by molar-refractivity contribution is 0.151. The van der Waals surface area contributed by atoms with Crippen LogP contribution in [-0.2, 0) is 0 Å². The van der Waals surface area contributed by atoms with Crippen LogP contribution in [-0.4, -0.2) is 36.1 Å². The van der Waals surface area contributed by atoms with Crippen LogP contribution in [0.2, 0.25) is 0 Å². The van der Waals surface area contributed by atoms with Crippen molar-refractivity contribution in [2.75, 3.05) is 14.1 Å². The summed E-state index contributed by atoms with van der Waals surface area (Å²) < 4.78 is 5.63. The molecule has 1 aromatic heterocycles. The van der Waals surface area contributed by atoms with Crippen LogP contribution in [0.3, 0.4) is 0 Å². The highest BCUT2D eigenvalue weighted by Crippen LogP contribution is 2.38. The van der Waals surface area contributed by atoms with Gasteiger partial charge in [-0.05, 0) is 58.2 Å². The van der Waals surface area contributed by atoms with Crippen molar-refractivity contribution in [2.24, 2.45) is 5.92 Å². The molecule has 1 unspecified atom stereocenters. The predicted molar refractivity (Wildman–Crippen MR) is 130 cm³/mol. The zero-order valence-corrected chi connectivity index (χ0v) is 19.8. The monoisotopic (exact) mass is 449 g/mol. The minimum absolute atomic E-state index is 0.152. The van der Waals surface area contributed by atoms with Crippen LogP contribution in [0.15, 0.2) is 60.7 Å². The van der Waals surface area contributed by atoms with Gasteiger partial charge < -0.3 is 15.0 Å². The molecule has 0 aliphatic heterocycles. The van der Waals surface area contributed by atoms with Crippen LogP contribution in [0, 0.1) is 12.8 Å². The molecule has 0 spiro atoms. The Kier molecular flexibility index (Phi) is 7.22. The van der Waals surface area contributed by atoms with Crippen LogP contribution in [0.5, 0.6) is 5.06 Å². The molecule has 168 valence electrons. The zero-order valence-electron chi connectivity index (χ0n) is 19.0. The predicted octanol–water partition coefficient (Wildman–Crippen LogP) is 6.07. The third-order valence-corrected chi connectivity index (χ3v) is 7.28. The van der Waals surface area contributed by atoms with Crippen LogP contribution < -0.4 is 10.1 Å². The summed E-state index contributed by atoms with van der Waals surface area (Å²) in [5.41, 5.74) is 3.13. The van der Waals surface area contributed by atoms with E-state index in [1.807, 2.05) is 37.3 Å². The maximum absolute atomic E-state index is 12.6. The van der Waals surface area contributed by atoms with Gasteiger partial charge in [-0.15, -0.1) is 0 Å². The number of rotatable bonds is 6. The average molecular weight is 450 g/mol. The Morgan fingerprint density at radius 3 is 2.28 bits per heavy atom. The van der Waals surface area contributed by atoms with Crippen LogP contribution in [0.1, 0.15) is 43.0 Å². The summed E-state index contributed by atoms with van der Waals surface area (Å²) in [5, 5.41) is 4.50. The second kappa shape index (κ2) is 10.3. The van der Waals surface area contributed by atoms with E-state index >= 15 is 0 Å². The van der Waals surface area contributed by atoms with Gasteiger partial charge in [0.2, 0.25) is 5.06 Å². The second-order valence-electron chi connectivity index (χ2n) is 8.72. The van der Waals surface area contributed by atoms with E-state index in [4.69, 9.17) is 4.74 Å². The fraction of sp³-hybridized carbons (Fsp3) is 0.385. The first-order valence-electron chi connectivity index (χ1n) is 11.2. The van der Waals surface area contributed by atoms with E-state index in [0.717, 1.165) is 41.9 Å². The SMILES string of the molecule is Cc1nc(-c2ccccc2)sc1OC(=O)NC1CCC(C(c2ccccc2)N(C)C)CC1. The Bertz CT molecular complexity index is 1010. The topological polar surface area (TPSA) is 54.5 Å². The Morgan fingerprint density at radius 1 is 1.03 bits per heavy atom. The molecular weight excluding hydrogens is 418 g/mol. The quantitative estimate of drug-likeness (QED) is 0.496. The fourth-order valence-corrected chi connectivity index (χ4v) is 5.61. The fourth-order valence-electron chi connectivity index (χ4n) is 4.68. The third kappa shape index (κ3) is 5.37. The lowest BCUT2D eigenvalue weighted by atomic mass is 9.79. The number of ether oxygens (including phenoxy) is 1. The van der Waals surface area contributed by atoms with E-state index in [2.05, 4.69) is 59.6 Å². The highest BCUT2D eigenvalue weighted by atomic mass is 32.1. The van der Waals surface area contributed by atoms with Gasteiger partial charge in [-0.1, -0.05) is 72.0 Å². The van der Waals surface area contributed by atoms with Crippen LogP contribution in [0.4, 0.5) is 4.79 Å². The summed E-state index contributed by atoms with van der Waals surface area (Å²) in [4.78, 5) is 19.4. The number of thiazole rings is 1. The van der Waals surface area contributed by atoms with Crippen molar-refractivity contribution < 1.29 is 9.53 Å². The summed E-state index contributed by atoms with van der Waals surface area (Å²) in [5.74, 6) is 0.582. The van der Waals surface area contributed by atoms with Gasteiger partial charge in [0.15, 0.2) is 0 Å². The molecule has 5 nitrogen and oxygen atoms in total. The minimum Gasteiger partial charge on any atom is -0.397 e. The van der Waals surface area contributed by atoms with Crippen molar-refractivity contribution in [1.29, 1.82) is 0 Å². The zero-order chi connectivity index (χ0) is 22.5. The number of hydrogen-bond acceptors (Lipinski definition) is 5. The summed E-state index contributed by atoms with van der Waals surface area (Å²) in [6.45, 7) is 1.88. The standard InChI is InChI=1S/C26H31N3O2S/c1-18-25(32-24(27-18)21-12-8-5-9-13-21)31-26(30)28-22-16-14-20(15-17-22)23(29(2)3)19-10-6-4-7-11-19/h4-13,20,22-23H,14-17H2,1-3H3,(H,28,30). The lowest BCUT2D eigenvalue weighted by Gasteiger charge is -2.37. The molecule has 0 radical (unpaired) electrons. The van der Waals surface area contributed by atoms with Gasteiger partial charge >= 0.3 is 6.09 Å². The molecule has 1 atom stereocenters. The van der Waals surface area contributed by atoms with Gasteiger partial charge in [0, 0.05) is 17.6 Å². The van der Waals surface area contributed by atoms with Crippen molar-refractivity contribution in [2.45, 2.75) is 44.7 Å². The molecule has 1 saturated carbocycles. The van der Waals surface area contributed by atoms with Gasteiger partial charge in [-0.25, -0.2) is 9.78 Å². The minimum atomic E-state index is -0.382. The number of nitrogens with zero attached hydrogens (tertiary/aromatic N) is 2. The summed E-state index contributed by atoms with van der Waals surface area (Å²) >= 11 is 1.41. The van der Waals surface area contributed by atoms with E-state index in [1.165, 1.54) is 16.9 Å². The lowest BCUT2D eigenvalue weighted by Crippen LogP contribution is -2.41. The van der Waals surface area contributed by atoms with Crippen molar-refractivity contribution in [3.05, 3.63) is 71.9 Å². The van der Waals surface area contributed by atoms with Gasteiger partial charge in [0.05, 0.1) is 5.69 Å². The number of hydrogen-bond donors (Lipinski definition) is 1. The van der Waals surface area contributed by atoms with Gasteiger partial charge in [0.1, 0.15) is 5.01 Å².